The van der Waals surface area contributed by atoms with Crippen LogP contribution in [-0.4, -0.2) is 24.8 Å². The van der Waals surface area contributed by atoms with Gasteiger partial charge in [0.2, 0.25) is 0 Å². The van der Waals surface area contributed by atoms with E-state index in [9.17, 15) is 4.79 Å². The van der Waals surface area contributed by atoms with Crippen molar-refractivity contribution in [2.75, 3.05) is 13.2 Å². The van der Waals surface area contributed by atoms with Crippen LogP contribution in [0.2, 0.25) is 5.02 Å². The van der Waals surface area contributed by atoms with Crippen LogP contribution in [0, 0.1) is 0 Å². The van der Waals surface area contributed by atoms with E-state index in [0.29, 0.717) is 13.2 Å². The highest BCUT2D eigenvalue weighted by atomic mass is 35.5. The van der Waals surface area contributed by atoms with Gasteiger partial charge in [-0.05, 0) is 44.9 Å². The number of benzene rings is 1. The van der Waals surface area contributed by atoms with E-state index in [4.69, 9.17) is 21.1 Å². The first-order chi connectivity index (χ1) is 8.87. The van der Waals surface area contributed by atoms with Gasteiger partial charge >= 0.3 is 5.97 Å². The van der Waals surface area contributed by atoms with Crippen LogP contribution >= 0.6 is 11.6 Å². The number of hydrogen-bond acceptors (Lipinski definition) is 3. The van der Waals surface area contributed by atoms with Gasteiger partial charge in [-0.15, -0.1) is 0 Å². The Bertz CT molecular complexity index is 393. The molecule has 3 nitrogen and oxygen atoms in total. The molecular weight excluding hydrogens is 264 g/mol. The van der Waals surface area contributed by atoms with Crippen molar-refractivity contribution in [2.45, 2.75) is 39.2 Å². The summed E-state index contributed by atoms with van der Waals surface area (Å²) in [5, 5.41) is 0.731. The second-order valence-corrected chi connectivity index (χ2v) is 5.76. The Morgan fingerprint density at radius 3 is 2.37 bits per heavy atom. The smallest absolute Gasteiger partial charge is 0.308 e. The van der Waals surface area contributed by atoms with Crippen molar-refractivity contribution in [1.29, 1.82) is 0 Å². The maximum atomic E-state index is 11.4. The van der Waals surface area contributed by atoms with Gasteiger partial charge in [-0.1, -0.05) is 23.7 Å². The largest absolute Gasteiger partial charge is 0.460 e. The molecule has 0 unspecified atom stereocenters. The molecule has 106 valence electrons. The van der Waals surface area contributed by atoms with Crippen LogP contribution in [0.25, 0.3) is 0 Å². The quantitative estimate of drug-likeness (QED) is 0.591. The Hall–Kier alpha value is -1.06. The molecule has 0 heterocycles. The average molecular weight is 285 g/mol. The molecule has 0 aliphatic heterocycles. The van der Waals surface area contributed by atoms with Crippen molar-refractivity contribution in [1.82, 2.24) is 0 Å². The SMILES string of the molecule is CC(C)(C)OC(=O)CCOCCc1ccc(Cl)cc1. The Labute approximate surface area is 119 Å². The molecule has 0 aliphatic rings. The minimum atomic E-state index is -0.430. The van der Waals surface area contributed by atoms with Gasteiger partial charge in [0.05, 0.1) is 19.6 Å². The second kappa shape index (κ2) is 7.51. The summed E-state index contributed by atoms with van der Waals surface area (Å²) in [4.78, 5) is 11.4. The molecule has 1 aromatic rings. The number of carbonyl (C=O) groups excluding carboxylic acids is 1. The zero-order valence-corrected chi connectivity index (χ0v) is 12.5. The third-order valence-electron chi connectivity index (χ3n) is 2.32. The molecule has 0 spiro atoms. The third kappa shape index (κ3) is 7.85. The topological polar surface area (TPSA) is 35.5 Å². The number of hydrogen-bond donors (Lipinski definition) is 0. The number of ether oxygens (including phenoxy) is 2. The molecule has 0 saturated heterocycles. The summed E-state index contributed by atoms with van der Waals surface area (Å²) in [6, 6.07) is 7.66. The molecule has 0 aromatic heterocycles. The predicted molar refractivity (Wildman–Crippen MR) is 76.4 cm³/mol. The minimum Gasteiger partial charge on any atom is -0.460 e. The zero-order chi connectivity index (χ0) is 14.3. The fraction of sp³-hybridized carbons (Fsp3) is 0.533. The maximum absolute atomic E-state index is 11.4. The Morgan fingerprint density at radius 1 is 1.16 bits per heavy atom. The van der Waals surface area contributed by atoms with E-state index in [1.54, 1.807) is 0 Å². The molecule has 0 bridgehead atoms. The van der Waals surface area contributed by atoms with Crippen LogP contribution in [-0.2, 0) is 20.7 Å². The summed E-state index contributed by atoms with van der Waals surface area (Å²) in [7, 11) is 0. The van der Waals surface area contributed by atoms with E-state index in [2.05, 4.69) is 0 Å². The highest BCUT2D eigenvalue weighted by molar-refractivity contribution is 6.30. The first-order valence-electron chi connectivity index (χ1n) is 6.41. The lowest BCUT2D eigenvalue weighted by molar-refractivity contribution is -0.156. The van der Waals surface area contributed by atoms with Crippen molar-refractivity contribution in [3.05, 3.63) is 34.9 Å². The molecule has 19 heavy (non-hydrogen) atoms. The van der Waals surface area contributed by atoms with Gasteiger partial charge in [0.15, 0.2) is 0 Å². The molecule has 1 rings (SSSR count). The van der Waals surface area contributed by atoms with E-state index in [-0.39, 0.29) is 12.4 Å². The average Bonchev–Trinajstić information content (AvgIpc) is 2.29. The van der Waals surface area contributed by atoms with Crippen LogP contribution in [0.1, 0.15) is 32.8 Å². The highest BCUT2D eigenvalue weighted by Gasteiger charge is 2.15. The van der Waals surface area contributed by atoms with Crippen molar-refractivity contribution in [3.63, 3.8) is 0 Å². The summed E-state index contributed by atoms with van der Waals surface area (Å²) in [6.07, 6.45) is 1.10. The Morgan fingerprint density at radius 2 is 1.79 bits per heavy atom. The van der Waals surface area contributed by atoms with Gasteiger partial charge in [0.1, 0.15) is 5.60 Å². The monoisotopic (exact) mass is 284 g/mol. The van der Waals surface area contributed by atoms with Crippen molar-refractivity contribution < 1.29 is 14.3 Å². The Kier molecular flexibility index (Phi) is 6.32. The molecule has 0 amide bonds. The summed E-state index contributed by atoms with van der Waals surface area (Å²) < 4.78 is 10.6. The van der Waals surface area contributed by atoms with Crippen molar-refractivity contribution in [2.24, 2.45) is 0 Å². The van der Waals surface area contributed by atoms with Crippen LogP contribution in [0.3, 0.4) is 0 Å². The second-order valence-electron chi connectivity index (χ2n) is 5.33. The molecule has 4 heteroatoms. The van der Waals surface area contributed by atoms with Gasteiger partial charge in [-0.2, -0.15) is 0 Å². The van der Waals surface area contributed by atoms with Gasteiger partial charge in [0.25, 0.3) is 0 Å². The van der Waals surface area contributed by atoms with Crippen molar-refractivity contribution >= 4 is 17.6 Å². The summed E-state index contributed by atoms with van der Waals surface area (Å²) in [6.45, 7) is 6.54. The molecule has 0 fully saturated rings. The highest BCUT2D eigenvalue weighted by Crippen LogP contribution is 2.10. The molecule has 0 radical (unpaired) electrons. The van der Waals surface area contributed by atoms with Crippen molar-refractivity contribution in [3.8, 4) is 0 Å². The van der Waals surface area contributed by atoms with Crippen LogP contribution in [0.15, 0.2) is 24.3 Å². The van der Waals surface area contributed by atoms with Gasteiger partial charge < -0.3 is 9.47 Å². The first kappa shape index (κ1) is 16.0. The predicted octanol–water partition coefficient (Wildman–Crippen LogP) is 3.63. The lowest BCUT2D eigenvalue weighted by Crippen LogP contribution is -2.24. The van der Waals surface area contributed by atoms with E-state index >= 15 is 0 Å². The van der Waals surface area contributed by atoms with Gasteiger partial charge in [-0.25, -0.2) is 0 Å². The Balaban J connectivity index is 2.11. The third-order valence-corrected chi connectivity index (χ3v) is 2.57. The van der Waals surface area contributed by atoms with E-state index in [1.165, 1.54) is 5.56 Å². The molecule has 0 N–H and O–H groups in total. The van der Waals surface area contributed by atoms with Crippen LogP contribution < -0.4 is 0 Å². The lowest BCUT2D eigenvalue weighted by atomic mass is 10.2. The number of carbonyl (C=O) groups is 1. The van der Waals surface area contributed by atoms with Gasteiger partial charge in [-0.3, -0.25) is 4.79 Å². The van der Waals surface area contributed by atoms with E-state index < -0.39 is 5.60 Å². The number of halogens is 1. The summed E-state index contributed by atoms with van der Waals surface area (Å²) >= 11 is 5.80. The molecule has 0 atom stereocenters. The summed E-state index contributed by atoms with van der Waals surface area (Å²) in [5.41, 5.74) is 0.738. The standard InChI is InChI=1S/C15H21ClO3/c1-15(2,3)19-14(17)9-11-18-10-8-12-4-6-13(16)7-5-12/h4-7H,8-11H2,1-3H3. The van der Waals surface area contributed by atoms with E-state index in [0.717, 1.165) is 11.4 Å². The zero-order valence-electron chi connectivity index (χ0n) is 11.7. The first-order valence-corrected chi connectivity index (χ1v) is 6.79. The minimum absolute atomic E-state index is 0.223. The normalized spacial score (nSPS) is 11.4. The molecule has 1 aromatic carbocycles. The fourth-order valence-corrected chi connectivity index (χ4v) is 1.62. The molecule has 0 aliphatic carbocycles. The van der Waals surface area contributed by atoms with Crippen LogP contribution in [0.5, 0.6) is 0 Å². The molecular formula is C15H21ClO3. The van der Waals surface area contributed by atoms with Gasteiger partial charge in [0, 0.05) is 5.02 Å². The van der Waals surface area contributed by atoms with E-state index in [1.807, 2.05) is 45.0 Å². The lowest BCUT2D eigenvalue weighted by Gasteiger charge is -2.19. The fourth-order valence-electron chi connectivity index (χ4n) is 1.49. The number of rotatable bonds is 6. The van der Waals surface area contributed by atoms with Crippen LogP contribution in [0.4, 0.5) is 0 Å². The molecule has 0 saturated carbocycles. The maximum Gasteiger partial charge on any atom is 0.308 e. The number of esters is 1. The summed E-state index contributed by atoms with van der Waals surface area (Å²) in [5.74, 6) is -0.223.